The third-order valence-electron chi connectivity index (χ3n) is 9.12. The van der Waals surface area contributed by atoms with Crippen molar-refractivity contribution in [3.8, 4) is 23.3 Å². The summed E-state index contributed by atoms with van der Waals surface area (Å²) in [5.74, 6) is 6.57. The zero-order valence-electron chi connectivity index (χ0n) is 24.9. The molecule has 10 heteroatoms. The molecule has 2 aromatic rings. The predicted octanol–water partition coefficient (Wildman–Crippen LogP) is 4.76. The summed E-state index contributed by atoms with van der Waals surface area (Å²) in [7, 11) is -6.38. The molecule has 0 bridgehead atoms. The highest BCUT2D eigenvalue weighted by Gasteiger charge is 2.79. The van der Waals surface area contributed by atoms with E-state index in [9.17, 15) is 8.42 Å². The second kappa shape index (κ2) is 9.30. The maximum Gasteiger partial charge on any atom is 0.231 e. The average molecular weight is 598 g/mol. The van der Waals surface area contributed by atoms with Gasteiger partial charge in [-0.15, -0.1) is 0 Å². The minimum atomic E-state index is -3.92. The number of hydrogen-bond acceptors (Lipinski definition) is 8. The molecule has 4 aliphatic rings. The van der Waals surface area contributed by atoms with Crippen molar-refractivity contribution in [1.82, 2.24) is 5.32 Å². The Hall–Kier alpha value is -2.39. The lowest BCUT2D eigenvalue weighted by Gasteiger charge is -2.45. The van der Waals surface area contributed by atoms with E-state index in [0.29, 0.717) is 11.5 Å². The summed E-state index contributed by atoms with van der Waals surface area (Å²) < 4.78 is 60.1. The van der Waals surface area contributed by atoms with Crippen molar-refractivity contribution in [3.63, 3.8) is 0 Å². The number of aryl methyl sites for hydroxylation is 1. The first-order valence-electron chi connectivity index (χ1n) is 14.1. The minimum absolute atomic E-state index is 0.146. The second-order valence-corrected chi connectivity index (χ2v) is 20.4. The Labute approximate surface area is 244 Å². The largest absolute Gasteiger partial charge is 0.454 e. The molecular formula is C31H39NO7SSi. The molecule has 1 aliphatic carbocycles. The Morgan fingerprint density at radius 1 is 1.00 bits per heavy atom. The van der Waals surface area contributed by atoms with Crippen LogP contribution in [0.5, 0.6) is 11.5 Å². The SMILES string of the molecule is Cc1ccc(S(=O)(=O)[C@]23N[C@H]2[C@@H](C#Cc2ccc4c(c2)OCO4)[C@H]2OC(C)(C)O[C@H]2[C@@H]3O[Si](C)(C)C(C)(C)C)cc1. The fourth-order valence-corrected chi connectivity index (χ4v) is 9.37. The number of sulfone groups is 1. The smallest absolute Gasteiger partial charge is 0.231 e. The van der Waals surface area contributed by atoms with Crippen LogP contribution in [0.2, 0.25) is 18.1 Å². The van der Waals surface area contributed by atoms with Crippen LogP contribution in [-0.2, 0) is 23.7 Å². The van der Waals surface area contributed by atoms with Crippen LogP contribution in [-0.4, -0.2) is 58.5 Å². The lowest BCUT2D eigenvalue weighted by atomic mass is 9.82. The Morgan fingerprint density at radius 2 is 1.66 bits per heavy atom. The number of benzene rings is 2. The van der Waals surface area contributed by atoms with Crippen molar-refractivity contribution in [2.45, 2.75) is 99.6 Å². The number of ether oxygens (including phenoxy) is 4. The summed E-state index contributed by atoms with van der Waals surface area (Å²) in [5.41, 5.74) is 1.73. The lowest BCUT2D eigenvalue weighted by Crippen LogP contribution is -2.62. The molecule has 0 unspecified atom stereocenters. The van der Waals surface area contributed by atoms with Crippen LogP contribution in [0.25, 0.3) is 0 Å². The Morgan fingerprint density at radius 3 is 2.34 bits per heavy atom. The molecule has 0 aromatic heterocycles. The van der Waals surface area contributed by atoms with Crippen LogP contribution in [0.4, 0.5) is 0 Å². The lowest BCUT2D eigenvalue weighted by molar-refractivity contribution is -0.154. The van der Waals surface area contributed by atoms with Crippen LogP contribution >= 0.6 is 0 Å². The standard InChI is InChI=1S/C31H39NO7SSi/c1-19-9-13-21(14-10-19)40(33,34)31-27(32-31)22(15-11-20-12-16-23-24(17-20)36-18-35-23)25-26(38-30(5,6)37-25)28(31)39-41(7,8)29(2,3)4/h9-10,12-14,16-17,22,25-28,32H,18H2,1-8H3/t22-,25+,26+,27-,28-,31+/m0/s1. The molecule has 3 heterocycles. The van der Waals surface area contributed by atoms with E-state index >= 15 is 0 Å². The summed E-state index contributed by atoms with van der Waals surface area (Å²) in [4.78, 5) is -1.15. The highest BCUT2D eigenvalue weighted by atomic mass is 32.2. The van der Waals surface area contributed by atoms with Gasteiger partial charge in [-0.3, -0.25) is 5.32 Å². The van der Waals surface area contributed by atoms with E-state index in [0.717, 1.165) is 11.1 Å². The normalized spacial score (nSPS) is 31.6. The summed E-state index contributed by atoms with van der Waals surface area (Å²) in [6, 6.07) is 12.0. The van der Waals surface area contributed by atoms with E-state index in [2.05, 4.69) is 51.0 Å². The van der Waals surface area contributed by atoms with Crippen LogP contribution in [0.1, 0.15) is 45.7 Å². The second-order valence-electron chi connectivity index (χ2n) is 13.5. The van der Waals surface area contributed by atoms with Crippen molar-refractivity contribution in [2.24, 2.45) is 5.92 Å². The van der Waals surface area contributed by atoms with Crippen LogP contribution < -0.4 is 14.8 Å². The Bertz CT molecular complexity index is 1540. The fourth-order valence-electron chi connectivity index (χ4n) is 5.85. The monoisotopic (exact) mass is 597 g/mol. The van der Waals surface area contributed by atoms with Crippen LogP contribution in [0.3, 0.4) is 0 Å². The van der Waals surface area contributed by atoms with E-state index < -0.39 is 59.1 Å². The summed E-state index contributed by atoms with van der Waals surface area (Å²) in [6.45, 7) is 16.6. The molecule has 3 aliphatic heterocycles. The quantitative estimate of drug-likeness (QED) is 0.306. The first-order chi connectivity index (χ1) is 19.1. The first kappa shape index (κ1) is 28.7. The molecule has 0 radical (unpaired) electrons. The Balaban J connectivity index is 1.46. The van der Waals surface area contributed by atoms with Gasteiger partial charge >= 0.3 is 0 Å². The summed E-state index contributed by atoms with van der Waals surface area (Å²) >= 11 is 0. The Kier molecular flexibility index (Phi) is 6.51. The highest BCUT2D eigenvalue weighted by Crippen LogP contribution is 2.57. The minimum Gasteiger partial charge on any atom is -0.454 e. The third-order valence-corrected chi connectivity index (χ3v) is 16.0. The van der Waals surface area contributed by atoms with Gasteiger partial charge in [-0.2, -0.15) is 0 Å². The zero-order valence-corrected chi connectivity index (χ0v) is 26.7. The van der Waals surface area contributed by atoms with Gasteiger partial charge in [0.2, 0.25) is 16.6 Å². The van der Waals surface area contributed by atoms with Gasteiger partial charge in [0.15, 0.2) is 30.5 Å². The zero-order chi connectivity index (χ0) is 29.6. The van der Waals surface area contributed by atoms with Crippen molar-refractivity contribution in [3.05, 3.63) is 53.6 Å². The maximum absolute atomic E-state index is 14.6. The van der Waals surface area contributed by atoms with E-state index in [1.54, 1.807) is 12.1 Å². The van der Waals surface area contributed by atoms with E-state index in [1.807, 2.05) is 51.1 Å². The average Bonchev–Trinajstić information content (AvgIpc) is 3.32. The van der Waals surface area contributed by atoms with Gasteiger partial charge in [-0.1, -0.05) is 50.3 Å². The molecule has 8 nitrogen and oxygen atoms in total. The maximum atomic E-state index is 14.6. The van der Waals surface area contributed by atoms with Crippen molar-refractivity contribution in [2.75, 3.05) is 6.79 Å². The molecular weight excluding hydrogens is 558 g/mol. The van der Waals surface area contributed by atoms with Gasteiger partial charge in [-0.05, 0) is 69.2 Å². The van der Waals surface area contributed by atoms with Gasteiger partial charge in [0.1, 0.15) is 18.3 Å². The molecule has 0 amide bonds. The number of nitrogens with one attached hydrogen (secondary N) is 1. The molecule has 3 fully saturated rings. The predicted molar refractivity (Wildman–Crippen MR) is 157 cm³/mol. The molecule has 41 heavy (non-hydrogen) atoms. The van der Waals surface area contributed by atoms with Gasteiger partial charge in [0.05, 0.1) is 16.9 Å². The molecule has 1 saturated carbocycles. The van der Waals surface area contributed by atoms with Gasteiger partial charge in [0, 0.05) is 5.56 Å². The van der Waals surface area contributed by atoms with Gasteiger partial charge < -0.3 is 23.4 Å². The molecule has 1 N–H and O–H groups in total. The third kappa shape index (κ3) is 4.62. The van der Waals surface area contributed by atoms with Crippen LogP contribution in [0, 0.1) is 24.7 Å². The van der Waals surface area contributed by atoms with Gasteiger partial charge in [-0.25, -0.2) is 8.42 Å². The van der Waals surface area contributed by atoms with E-state index in [4.69, 9.17) is 23.4 Å². The topological polar surface area (TPSA) is 102 Å². The number of rotatable bonds is 4. The van der Waals surface area contributed by atoms with Crippen LogP contribution in [0.15, 0.2) is 47.4 Å². The van der Waals surface area contributed by atoms with E-state index in [1.165, 1.54) is 0 Å². The van der Waals surface area contributed by atoms with Gasteiger partial charge in [0.25, 0.3) is 0 Å². The van der Waals surface area contributed by atoms with Crippen molar-refractivity contribution < 1.29 is 31.8 Å². The summed E-state index contributed by atoms with van der Waals surface area (Å²) in [6.07, 6.45) is -1.90. The number of fused-ring (bicyclic) bond motifs is 3. The molecule has 6 rings (SSSR count). The number of hydrogen-bond donors (Lipinski definition) is 1. The summed E-state index contributed by atoms with van der Waals surface area (Å²) in [5, 5.41) is 3.26. The molecule has 220 valence electrons. The molecule has 0 spiro atoms. The van der Waals surface area contributed by atoms with Crippen molar-refractivity contribution in [1.29, 1.82) is 0 Å². The molecule has 2 aromatic carbocycles. The van der Waals surface area contributed by atoms with E-state index in [-0.39, 0.29) is 16.7 Å². The highest BCUT2D eigenvalue weighted by molar-refractivity contribution is 7.93. The molecule has 2 saturated heterocycles. The molecule has 6 atom stereocenters. The first-order valence-corrected chi connectivity index (χ1v) is 18.5. The fraction of sp³-hybridized carbons (Fsp3) is 0.548. The van der Waals surface area contributed by atoms with Crippen molar-refractivity contribution >= 4 is 18.2 Å².